The number of allylic oxidation sites excluding steroid dienone is 2. The van der Waals surface area contributed by atoms with Crippen molar-refractivity contribution < 1.29 is 8.63 Å². The minimum absolute atomic E-state index is 0.201. The van der Waals surface area contributed by atoms with Gasteiger partial charge in [-0.2, -0.15) is 4.24 Å². The topological polar surface area (TPSA) is 5.90 Å². The van der Waals surface area contributed by atoms with Crippen LogP contribution < -0.4 is 9.46 Å². The first-order valence-electron chi connectivity index (χ1n) is 6.31. The molecule has 19 heavy (non-hydrogen) atoms. The summed E-state index contributed by atoms with van der Waals surface area (Å²) in [5.74, 6) is -0.201. The Balaban J connectivity index is 2.35. The van der Waals surface area contributed by atoms with Crippen LogP contribution in [0.2, 0.25) is 0 Å². The van der Waals surface area contributed by atoms with E-state index in [9.17, 15) is 4.39 Å². The molecule has 1 nitrogen and oxygen atoms in total. The minimum Gasteiger partial charge on any atom is -0.207 e. The van der Waals surface area contributed by atoms with E-state index in [2.05, 4.69) is 31.0 Å². The van der Waals surface area contributed by atoms with Crippen molar-refractivity contribution in [2.45, 2.75) is 13.3 Å². The largest absolute Gasteiger partial charge is 0.221 e. The normalized spacial score (nSPS) is 12.9. The molecule has 1 aromatic carbocycles. The highest BCUT2D eigenvalue weighted by atomic mass is 19.1. The number of aromatic nitrogens is 1. The third-order valence-electron chi connectivity index (χ3n) is 3.53. The second-order valence-electron chi connectivity index (χ2n) is 4.83. The van der Waals surface area contributed by atoms with Gasteiger partial charge in [0.15, 0.2) is 6.20 Å². The SMILES string of the molecule is C=[n+]1ccc2c(c1-c1ccc(F)cc1C)CC=CC=2. The summed E-state index contributed by atoms with van der Waals surface area (Å²) in [5.41, 5.74) is 4.28. The maximum atomic E-state index is 13.3. The number of benzene rings is 1. The van der Waals surface area contributed by atoms with Crippen LogP contribution in [0.15, 0.2) is 42.6 Å². The Kier molecular flexibility index (Phi) is 2.79. The summed E-state index contributed by atoms with van der Waals surface area (Å²) < 4.78 is 15.1. The molecule has 94 valence electrons. The molecule has 1 aliphatic carbocycles. The maximum absolute atomic E-state index is 13.3. The first-order chi connectivity index (χ1) is 9.16. The zero-order valence-electron chi connectivity index (χ0n) is 10.9. The quantitative estimate of drug-likeness (QED) is 0.688. The van der Waals surface area contributed by atoms with Gasteiger partial charge in [-0.05, 0) is 42.3 Å². The van der Waals surface area contributed by atoms with Gasteiger partial charge >= 0.3 is 0 Å². The van der Waals surface area contributed by atoms with E-state index in [0.717, 1.165) is 23.2 Å². The van der Waals surface area contributed by atoms with Gasteiger partial charge in [-0.1, -0.05) is 18.2 Å². The molecular formula is C17H15FN+. The fourth-order valence-electron chi connectivity index (χ4n) is 2.59. The lowest BCUT2D eigenvalue weighted by molar-refractivity contribution is -0.486. The Morgan fingerprint density at radius 3 is 2.89 bits per heavy atom. The highest BCUT2D eigenvalue weighted by Crippen LogP contribution is 2.23. The van der Waals surface area contributed by atoms with Crippen molar-refractivity contribution in [2.75, 3.05) is 0 Å². The summed E-state index contributed by atoms with van der Waals surface area (Å²) in [6.45, 7) is 5.98. The van der Waals surface area contributed by atoms with Gasteiger partial charge in [-0.3, -0.25) is 0 Å². The van der Waals surface area contributed by atoms with Gasteiger partial charge in [0, 0.05) is 11.6 Å². The lowest BCUT2D eigenvalue weighted by Crippen LogP contribution is -2.26. The molecule has 0 amide bonds. The van der Waals surface area contributed by atoms with E-state index in [1.54, 1.807) is 6.07 Å². The highest BCUT2D eigenvalue weighted by Gasteiger charge is 2.17. The second kappa shape index (κ2) is 4.47. The predicted molar refractivity (Wildman–Crippen MR) is 74.5 cm³/mol. The summed E-state index contributed by atoms with van der Waals surface area (Å²) >= 11 is 0. The maximum Gasteiger partial charge on any atom is 0.221 e. The molecule has 0 aliphatic heterocycles. The van der Waals surface area contributed by atoms with Gasteiger partial charge in [-0.15, -0.1) is 0 Å². The van der Waals surface area contributed by atoms with Crippen LogP contribution in [0.1, 0.15) is 11.1 Å². The van der Waals surface area contributed by atoms with E-state index in [-0.39, 0.29) is 5.82 Å². The molecule has 1 heterocycles. The lowest BCUT2D eigenvalue weighted by Gasteiger charge is -2.09. The highest BCUT2D eigenvalue weighted by molar-refractivity contribution is 5.66. The average Bonchev–Trinajstić information content (AvgIpc) is 2.40. The van der Waals surface area contributed by atoms with E-state index in [0.29, 0.717) is 0 Å². The molecule has 1 aliphatic rings. The molecule has 0 N–H and O–H groups in total. The van der Waals surface area contributed by atoms with Crippen molar-refractivity contribution in [2.24, 2.45) is 0 Å². The van der Waals surface area contributed by atoms with Crippen LogP contribution in [0.25, 0.3) is 17.3 Å². The number of rotatable bonds is 1. The second-order valence-corrected chi connectivity index (χ2v) is 4.83. The molecule has 0 bridgehead atoms. The number of fused-ring (bicyclic) bond motifs is 1. The molecule has 2 aromatic rings. The van der Waals surface area contributed by atoms with Gasteiger partial charge in [-0.25, -0.2) is 4.39 Å². The van der Waals surface area contributed by atoms with Crippen molar-refractivity contribution >= 4 is 6.08 Å². The summed E-state index contributed by atoms with van der Waals surface area (Å²) in [6, 6.07) is 6.97. The number of hydrogen-bond donors (Lipinski definition) is 0. The van der Waals surface area contributed by atoms with Crippen molar-refractivity contribution in [3.8, 4) is 11.3 Å². The van der Waals surface area contributed by atoms with E-state index in [1.165, 1.54) is 16.8 Å². The zero-order chi connectivity index (χ0) is 13.4. The minimum atomic E-state index is -0.201. The van der Waals surface area contributed by atoms with Crippen LogP contribution in [-0.4, -0.2) is 0 Å². The molecule has 0 saturated carbocycles. The molecule has 0 fully saturated rings. The number of hydrogen-bond acceptors (Lipinski definition) is 0. The van der Waals surface area contributed by atoms with Crippen molar-refractivity contribution in [3.63, 3.8) is 0 Å². The molecule has 0 saturated heterocycles. The molecule has 0 unspecified atom stereocenters. The predicted octanol–water partition coefficient (Wildman–Crippen LogP) is 2.62. The number of halogens is 1. The Morgan fingerprint density at radius 2 is 2.11 bits per heavy atom. The number of aryl methyl sites for hydroxylation is 1. The first-order valence-corrected chi connectivity index (χ1v) is 6.31. The number of nitrogens with zero attached hydrogens (tertiary/aromatic N) is 1. The fraction of sp³-hybridized carbons (Fsp3) is 0.118. The third kappa shape index (κ3) is 1.99. The standard InChI is InChI=1S/C17H15FN/c1-12-11-14(18)7-8-15(12)17-16-6-4-3-5-13(16)9-10-19(17)2/h3-5,7-11H,2,6H2,1H3/q+1. The Bertz CT molecular complexity index is 788. The van der Waals surface area contributed by atoms with Crippen molar-refractivity contribution in [3.05, 3.63) is 71.5 Å². The monoisotopic (exact) mass is 252 g/mol. The van der Waals surface area contributed by atoms with Crippen LogP contribution in [0, 0.1) is 19.5 Å². The third-order valence-corrected chi connectivity index (χ3v) is 3.53. The Morgan fingerprint density at radius 1 is 1.26 bits per heavy atom. The van der Waals surface area contributed by atoms with Crippen LogP contribution in [0.3, 0.4) is 0 Å². The molecule has 0 atom stereocenters. The van der Waals surface area contributed by atoms with Crippen LogP contribution in [0.4, 0.5) is 4.39 Å². The summed E-state index contributed by atoms with van der Waals surface area (Å²) in [7, 11) is 0. The molecule has 3 rings (SSSR count). The number of pyridine rings is 1. The van der Waals surface area contributed by atoms with Crippen LogP contribution in [0.5, 0.6) is 0 Å². The summed E-state index contributed by atoms with van der Waals surface area (Å²) in [5, 5.41) is 1.21. The first kappa shape index (κ1) is 11.8. The summed E-state index contributed by atoms with van der Waals surface area (Å²) in [6.07, 6.45) is 9.13. The van der Waals surface area contributed by atoms with Gasteiger partial charge in [0.25, 0.3) is 0 Å². The molecule has 0 spiro atoms. The van der Waals surface area contributed by atoms with Crippen molar-refractivity contribution in [1.82, 2.24) is 0 Å². The molecule has 0 radical (unpaired) electrons. The Labute approximate surface area is 111 Å². The van der Waals surface area contributed by atoms with Gasteiger partial charge in [0.1, 0.15) is 12.5 Å². The zero-order valence-corrected chi connectivity index (χ0v) is 10.9. The molecule has 1 aromatic heterocycles. The van der Waals surface area contributed by atoms with Crippen molar-refractivity contribution in [1.29, 1.82) is 0 Å². The Hall–Kier alpha value is -2.22. The molecular weight excluding hydrogens is 237 g/mol. The van der Waals surface area contributed by atoms with E-state index in [1.807, 2.05) is 23.4 Å². The van der Waals surface area contributed by atoms with Gasteiger partial charge in [0.05, 0.1) is 5.56 Å². The van der Waals surface area contributed by atoms with Crippen LogP contribution >= 0.6 is 0 Å². The van der Waals surface area contributed by atoms with Crippen LogP contribution in [-0.2, 0) is 6.42 Å². The van der Waals surface area contributed by atoms with Gasteiger partial charge in [0.2, 0.25) is 5.69 Å². The average molecular weight is 252 g/mol. The van der Waals surface area contributed by atoms with E-state index in [4.69, 9.17) is 0 Å². The lowest BCUT2D eigenvalue weighted by atomic mass is 9.96. The van der Waals surface area contributed by atoms with E-state index < -0.39 is 0 Å². The van der Waals surface area contributed by atoms with E-state index >= 15 is 0 Å². The van der Waals surface area contributed by atoms with Gasteiger partial charge < -0.3 is 0 Å². The smallest absolute Gasteiger partial charge is 0.207 e. The summed E-state index contributed by atoms with van der Waals surface area (Å²) in [4.78, 5) is 0. The molecule has 2 heteroatoms. The fourth-order valence-corrected chi connectivity index (χ4v) is 2.59.